The van der Waals surface area contributed by atoms with Crippen molar-refractivity contribution in [2.75, 3.05) is 11.9 Å². The van der Waals surface area contributed by atoms with E-state index in [9.17, 15) is 24.1 Å². The largest absolute Gasteiger partial charge is 0.455 e. The van der Waals surface area contributed by atoms with Gasteiger partial charge in [-0.3, -0.25) is 19.7 Å². The summed E-state index contributed by atoms with van der Waals surface area (Å²) in [6.45, 7) is -0.524. The van der Waals surface area contributed by atoms with Crippen molar-refractivity contribution in [1.29, 1.82) is 0 Å². The van der Waals surface area contributed by atoms with Gasteiger partial charge in [0.1, 0.15) is 11.5 Å². The molecule has 7 nitrogen and oxygen atoms in total. The zero-order chi connectivity index (χ0) is 16.8. The lowest BCUT2D eigenvalue weighted by Crippen LogP contribution is -2.26. The number of anilines is 1. The second-order valence-electron chi connectivity index (χ2n) is 5.41. The van der Waals surface area contributed by atoms with Gasteiger partial charge in [0.25, 0.3) is 11.6 Å². The zero-order valence-electron chi connectivity index (χ0n) is 12.4. The highest BCUT2D eigenvalue weighted by Crippen LogP contribution is 2.26. The lowest BCUT2D eigenvalue weighted by molar-refractivity contribution is -0.384. The third-order valence-electron chi connectivity index (χ3n) is 3.71. The second kappa shape index (κ2) is 7.66. The zero-order valence-corrected chi connectivity index (χ0v) is 12.4. The maximum absolute atomic E-state index is 13.0. The smallest absolute Gasteiger partial charge is 0.309 e. The Morgan fingerprint density at radius 3 is 2.65 bits per heavy atom. The fraction of sp³-hybridized carbons (Fsp3) is 0.467. The molecule has 0 aromatic heterocycles. The first-order valence-corrected chi connectivity index (χ1v) is 7.38. The van der Waals surface area contributed by atoms with Gasteiger partial charge in [-0.2, -0.15) is 0 Å². The van der Waals surface area contributed by atoms with E-state index in [1.807, 2.05) is 0 Å². The van der Waals surface area contributed by atoms with Crippen LogP contribution in [0.5, 0.6) is 0 Å². The molecule has 0 saturated heterocycles. The van der Waals surface area contributed by atoms with Crippen LogP contribution in [0.1, 0.15) is 32.1 Å². The second-order valence-corrected chi connectivity index (χ2v) is 5.41. The third-order valence-corrected chi connectivity index (χ3v) is 3.71. The topological polar surface area (TPSA) is 98.5 Å². The fourth-order valence-corrected chi connectivity index (χ4v) is 2.54. The number of hydrogen-bond acceptors (Lipinski definition) is 5. The number of carbonyl (C=O) groups is 2. The van der Waals surface area contributed by atoms with Crippen molar-refractivity contribution in [1.82, 2.24) is 0 Å². The number of nitro groups is 1. The van der Waals surface area contributed by atoms with Crippen molar-refractivity contribution in [2.24, 2.45) is 5.92 Å². The van der Waals surface area contributed by atoms with E-state index in [4.69, 9.17) is 4.74 Å². The standard InChI is InChI=1S/C15H17FN2O5/c16-11-6-7-12(13(8-11)18(21)22)17-14(19)9-23-15(20)10-4-2-1-3-5-10/h6-8,10H,1-5,9H2,(H,17,19). The summed E-state index contributed by atoms with van der Waals surface area (Å²) in [4.78, 5) is 33.6. The summed E-state index contributed by atoms with van der Waals surface area (Å²) >= 11 is 0. The number of hydrogen-bond donors (Lipinski definition) is 1. The Labute approximate surface area is 132 Å². The maximum Gasteiger partial charge on any atom is 0.309 e. The average molecular weight is 324 g/mol. The number of esters is 1. The molecule has 1 amide bonds. The van der Waals surface area contributed by atoms with Crippen LogP contribution in [0, 0.1) is 21.8 Å². The van der Waals surface area contributed by atoms with E-state index >= 15 is 0 Å². The Morgan fingerprint density at radius 1 is 1.30 bits per heavy atom. The van der Waals surface area contributed by atoms with Crippen LogP contribution in [0.25, 0.3) is 0 Å². The molecule has 0 unspecified atom stereocenters. The lowest BCUT2D eigenvalue weighted by Gasteiger charge is -2.19. The number of nitro benzene ring substituents is 1. The van der Waals surface area contributed by atoms with Gasteiger partial charge in [0, 0.05) is 0 Å². The Kier molecular flexibility index (Phi) is 5.61. The molecule has 0 spiro atoms. The molecule has 0 bridgehead atoms. The SMILES string of the molecule is O=C(COC(=O)C1CCCCC1)Nc1ccc(F)cc1[N+](=O)[O-]. The van der Waals surface area contributed by atoms with Gasteiger partial charge in [0.15, 0.2) is 6.61 Å². The summed E-state index contributed by atoms with van der Waals surface area (Å²) in [6.07, 6.45) is 4.54. The molecule has 1 aromatic rings. The summed E-state index contributed by atoms with van der Waals surface area (Å²) < 4.78 is 18.0. The van der Waals surface area contributed by atoms with Gasteiger partial charge in [0.05, 0.1) is 16.9 Å². The minimum atomic E-state index is -0.799. The van der Waals surface area contributed by atoms with E-state index in [-0.39, 0.29) is 11.6 Å². The number of benzene rings is 1. The molecule has 124 valence electrons. The van der Waals surface area contributed by atoms with Crippen molar-refractivity contribution in [3.63, 3.8) is 0 Å². The summed E-state index contributed by atoms with van der Waals surface area (Å²) in [5.74, 6) is -2.09. The van der Waals surface area contributed by atoms with E-state index in [0.717, 1.165) is 44.2 Å². The van der Waals surface area contributed by atoms with Gasteiger partial charge in [0.2, 0.25) is 0 Å². The number of rotatable bonds is 5. The van der Waals surface area contributed by atoms with Crippen LogP contribution < -0.4 is 5.32 Å². The lowest BCUT2D eigenvalue weighted by atomic mass is 9.89. The van der Waals surface area contributed by atoms with Crippen molar-refractivity contribution < 1.29 is 23.6 Å². The van der Waals surface area contributed by atoms with Crippen LogP contribution in [0.4, 0.5) is 15.8 Å². The van der Waals surface area contributed by atoms with Crippen molar-refractivity contribution >= 4 is 23.3 Å². The summed E-state index contributed by atoms with van der Waals surface area (Å²) in [5, 5.41) is 13.1. The van der Waals surface area contributed by atoms with E-state index in [2.05, 4.69) is 5.32 Å². The molecular formula is C15H17FN2O5. The summed E-state index contributed by atoms with van der Waals surface area (Å²) in [6, 6.07) is 2.80. The molecule has 1 fully saturated rings. The number of ether oxygens (including phenoxy) is 1. The van der Waals surface area contributed by atoms with Crippen molar-refractivity contribution in [3.05, 3.63) is 34.1 Å². The summed E-state index contributed by atoms with van der Waals surface area (Å²) in [5.41, 5.74) is -0.702. The highest BCUT2D eigenvalue weighted by molar-refractivity contribution is 5.94. The molecule has 0 aliphatic heterocycles. The van der Waals surface area contributed by atoms with Crippen LogP contribution in [-0.2, 0) is 14.3 Å². The van der Waals surface area contributed by atoms with Crippen LogP contribution in [0.3, 0.4) is 0 Å². The van der Waals surface area contributed by atoms with Crippen molar-refractivity contribution in [2.45, 2.75) is 32.1 Å². The molecule has 1 aromatic carbocycles. The van der Waals surface area contributed by atoms with Crippen LogP contribution >= 0.6 is 0 Å². The molecule has 0 atom stereocenters. The van der Waals surface area contributed by atoms with E-state index in [1.165, 1.54) is 0 Å². The first-order chi connectivity index (χ1) is 11.0. The van der Waals surface area contributed by atoms with Crippen LogP contribution in [0.2, 0.25) is 0 Å². The van der Waals surface area contributed by atoms with Gasteiger partial charge in [-0.15, -0.1) is 0 Å². The third kappa shape index (κ3) is 4.73. The first-order valence-electron chi connectivity index (χ1n) is 7.38. The highest BCUT2D eigenvalue weighted by Gasteiger charge is 2.23. The van der Waals surface area contributed by atoms with Crippen LogP contribution in [0.15, 0.2) is 18.2 Å². The molecule has 23 heavy (non-hydrogen) atoms. The molecule has 0 heterocycles. The number of halogens is 1. The quantitative estimate of drug-likeness (QED) is 0.510. The molecule has 1 saturated carbocycles. The number of carbonyl (C=O) groups excluding carboxylic acids is 2. The molecule has 2 rings (SSSR count). The molecule has 1 aliphatic carbocycles. The van der Waals surface area contributed by atoms with E-state index in [1.54, 1.807) is 0 Å². The predicted molar refractivity (Wildman–Crippen MR) is 79.2 cm³/mol. The van der Waals surface area contributed by atoms with Gasteiger partial charge >= 0.3 is 5.97 Å². The predicted octanol–water partition coefficient (Wildman–Crippen LogP) is 2.80. The van der Waals surface area contributed by atoms with E-state index < -0.39 is 34.9 Å². The fourth-order valence-electron chi connectivity index (χ4n) is 2.54. The number of nitrogens with zero attached hydrogens (tertiary/aromatic N) is 1. The Balaban J connectivity index is 1.90. The maximum atomic E-state index is 13.0. The van der Waals surface area contributed by atoms with Gasteiger partial charge < -0.3 is 10.1 Å². The molecule has 8 heteroatoms. The summed E-state index contributed by atoms with van der Waals surface area (Å²) in [7, 11) is 0. The van der Waals surface area contributed by atoms with Gasteiger partial charge in [-0.1, -0.05) is 19.3 Å². The van der Waals surface area contributed by atoms with Crippen LogP contribution in [-0.4, -0.2) is 23.4 Å². The molecule has 0 radical (unpaired) electrons. The van der Waals surface area contributed by atoms with Gasteiger partial charge in [-0.25, -0.2) is 4.39 Å². The minimum absolute atomic E-state index is 0.143. The Bertz CT molecular complexity index is 614. The molecular weight excluding hydrogens is 307 g/mol. The average Bonchev–Trinajstić information content (AvgIpc) is 2.55. The van der Waals surface area contributed by atoms with Gasteiger partial charge in [-0.05, 0) is 25.0 Å². The molecule has 1 N–H and O–H groups in total. The monoisotopic (exact) mass is 324 g/mol. The normalized spacial score (nSPS) is 15.0. The Morgan fingerprint density at radius 2 is 2.00 bits per heavy atom. The number of amides is 1. The van der Waals surface area contributed by atoms with Crippen molar-refractivity contribution in [3.8, 4) is 0 Å². The first kappa shape index (κ1) is 16.9. The number of nitrogens with one attached hydrogen (secondary N) is 1. The van der Waals surface area contributed by atoms with E-state index in [0.29, 0.717) is 6.07 Å². The minimum Gasteiger partial charge on any atom is -0.455 e. The highest BCUT2D eigenvalue weighted by atomic mass is 19.1. The molecule has 1 aliphatic rings. The Hall–Kier alpha value is -2.51.